The van der Waals surface area contributed by atoms with E-state index in [0.717, 1.165) is 16.7 Å². The van der Waals surface area contributed by atoms with E-state index in [2.05, 4.69) is 26.1 Å². The average molecular weight is 314 g/mol. The maximum Gasteiger partial charge on any atom is 0.275 e. The molecule has 1 fully saturated rings. The van der Waals surface area contributed by atoms with E-state index in [0.29, 0.717) is 11.6 Å². The second-order valence-corrected chi connectivity index (χ2v) is 5.99. The van der Waals surface area contributed by atoms with Crippen molar-refractivity contribution in [2.24, 2.45) is 5.92 Å². The number of nitrogens with one attached hydrogen (secondary N) is 1. The Kier molecular flexibility index (Phi) is 4.43. The Balaban J connectivity index is 1.98. The topological polar surface area (TPSA) is 49.0 Å². The average Bonchev–Trinajstić information content (AvgIpc) is 2.70. The number of carbonyl (C=O) groups excluding carboxylic acids is 1. The van der Waals surface area contributed by atoms with Gasteiger partial charge in [-0.3, -0.25) is 9.89 Å². The number of aromatic amines is 1. The maximum atomic E-state index is 12.3. The van der Waals surface area contributed by atoms with E-state index in [1.807, 2.05) is 14.0 Å². The molecule has 5 heteroatoms. The Morgan fingerprint density at radius 1 is 1.44 bits per heavy atom. The molecule has 1 heterocycles. The van der Waals surface area contributed by atoms with Gasteiger partial charge < -0.3 is 4.90 Å². The smallest absolute Gasteiger partial charge is 0.275 e. The normalized spacial score (nSPS) is 16.8. The summed E-state index contributed by atoms with van der Waals surface area (Å²) >= 11 is 3.40. The first-order valence-electron chi connectivity index (χ1n) is 6.55. The molecule has 0 saturated heterocycles. The molecular formula is C13H20BrN3O. The molecule has 4 nitrogen and oxygen atoms in total. The molecule has 1 N–H and O–H groups in total. The van der Waals surface area contributed by atoms with Crippen LogP contribution in [0.2, 0.25) is 0 Å². The van der Waals surface area contributed by atoms with Gasteiger partial charge in [0.05, 0.1) is 4.47 Å². The van der Waals surface area contributed by atoms with Crippen molar-refractivity contribution in [3.8, 4) is 0 Å². The third kappa shape index (κ3) is 2.94. The Morgan fingerprint density at radius 2 is 2.11 bits per heavy atom. The molecule has 1 amide bonds. The van der Waals surface area contributed by atoms with Crippen LogP contribution < -0.4 is 0 Å². The summed E-state index contributed by atoms with van der Waals surface area (Å²) in [6, 6.07) is 0. The van der Waals surface area contributed by atoms with Crippen molar-refractivity contribution in [2.75, 3.05) is 13.6 Å². The Labute approximate surface area is 116 Å². The van der Waals surface area contributed by atoms with Crippen molar-refractivity contribution in [1.82, 2.24) is 15.1 Å². The van der Waals surface area contributed by atoms with Gasteiger partial charge in [-0.1, -0.05) is 19.3 Å². The lowest BCUT2D eigenvalue weighted by atomic mass is 9.89. The van der Waals surface area contributed by atoms with Crippen molar-refractivity contribution >= 4 is 21.8 Å². The van der Waals surface area contributed by atoms with E-state index < -0.39 is 0 Å². The van der Waals surface area contributed by atoms with Gasteiger partial charge in [0.15, 0.2) is 5.69 Å². The zero-order valence-electron chi connectivity index (χ0n) is 11.0. The highest BCUT2D eigenvalue weighted by atomic mass is 79.9. The summed E-state index contributed by atoms with van der Waals surface area (Å²) in [5, 5.41) is 6.90. The van der Waals surface area contributed by atoms with Crippen LogP contribution in [0.3, 0.4) is 0 Å². The number of aryl methyl sites for hydroxylation is 1. The standard InChI is InChI=1S/C13H20BrN3O/c1-9-11(14)12(16-15-9)13(18)17(2)8-10-6-4-3-5-7-10/h10H,3-8H2,1-2H3,(H,15,16). The molecule has 1 aromatic heterocycles. The number of aromatic nitrogens is 2. The van der Waals surface area contributed by atoms with Crippen molar-refractivity contribution in [2.45, 2.75) is 39.0 Å². The summed E-state index contributed by atoms with van der Waals surface area (Å²) in [4.78, 5) is 14.1. The monoisotopic (exact) mass is 313 g/mol. The van der Waals surface area contributed by atoms with Crippen molar-refractivity contribution < 1.29 is 4.79 Å². The largest absolute Gasteiger partial charge is 0.340 e. The number of nitrogens with zero attached hydrogens (tertiary/aromatic N) is 2. The summed E-state index contributed by atoms with van der Waals surface area (Å²) in [5.74, 6) is 0.656. The van der Waals surface area contributed by atoms with E-state index in [1.54, 1.807) is 4.90 Å². The van der Waals surface area contributed by atoms with Crippen molar-refractivity contribution in [3.63, 3.8) is 0 Å². The molecule has 0 atom stereocenters. The van der Waals surface area contributed by atoms with Crippen LogP contribution in [-0.4, -0.2) is 34.6 Å². The fourth-order valence-corrected chi connectivity index (χ4v) is 2.92. The molecule has 1 aliphatic rings. The van der Waals surface area contributed by atoms with Crippen LogP contribution in [0, 0.1) is 12.8 Å². The number of halogens is 1. The zero-order valence-corrected chi connectivity index (χ0v) is 12.6. The number of carbonyl (C=O) groups is 1. The van der Waals surface area contributed by atoms with Gasteiger partial charge in [-0.05, 0) is 41.6 Å². The summed E-state index contributed by atoms with van der Waals surface area (Å²) in [7, 11) is 1.87. The molecule has 1 aromatic rings. The van der Waals surface area contributed by atoms with Gasteiger partial charge in [-0.15, -0.1) is 0 Å². The predicted octanol–water partition coefficient (Wildman–Crippen LogP) is 3.13. The molecule has 0 radical (unpaired) electrons. The Bertz CT molecular complexity index is 424. The van der Waals surface area contributed by atoms with Gasteiger partial charge in [0, 0.05) is 19.3 Å². The molecular weight excluding hydrogens is 294 g/mol. The highest BCUT2D eigenvalue weighted by molar-refractivity contribution is 9.10. The van der Waals surface area contributed by atoms with Crippen LogP contribution in [0.25, 0.3) is 0 Å². The first kappa shape index (κ1) is 13.6. The Hall–Kier alpha value is -0.840. The summed E-state index contributed by atoms with van der Waals surface area (Å²) in [6.07, 6.45) is 6.45. The minimum absolute atomic E-state index is 0.00296. The number of rotatable bonds is 3. The molecule has 1 aliphatic carbocycles. The summed E-state index contributed by atoms with van der Waals surface area (Å²) in [6.45, 7) is 2.74. The minimum Gasteiger partial charge on any atom is -0.340 e. The highest BCUT2D eigenvalue weighted by Gasteiger charge is 2.22. The van der Waals surface area contributed by atoms with Crippen LogP contribution >= 0.6 is 15.9 Å². The fraction of sp³-hybridized carbons (Fsp3) is 0.692. The van der Waals surface area contributed by atoms with Gasteiger partial charge in [0.25, 0.3) is 5.91 Å². The van der Waals surface area contributed by atoms with Crippen molar-refractivity contribution in [1.29, 1.82) is 0 Å². The van der Waals surface area contributed by atoms with Crippen LogP contribution in [0.4, 0.5) is 0 Å². The van der Waals surface area contributed by atoms with E-state index >= 15 is 0 Å². The summed E-state index contributed by atoms with van der Waals surface area (Å²) < 4.78 is 0.781. The Morgan fingerprint density at radius 3 is 2.67 bits per heavy atom. The van der Waals surface area contributed by atoms with E-state index in [9.17, 15) is 4.79 Å². The van der Waals surface area contributed by atoms with Crippen LogP contribution in [0.5, 0.6) is 0 Å². The summed E-state index contributed by atoms with van der Waals surface area (Å²) in [5.41, 5.74) is 1.38. The highest BCUT2D eigenvalue weighted by Crippen LogP contribution is 2.25. The molecule has 0 aromatic carbocycles. The number of hydrogen-bond acceptors (Lipinski definition) is 2. The second-order valence-electron chi connectivity index (χ2n) is 5.20. The molecule has 2 rings (SSSR count). The lowest BCUT2D eigenvalue weighted by molar-refractivity contribution is 0.0754. The molecule has 0 spiro atoms. The number of H-pyrrole nitrogens is 1. The molecule has 1 saturated carbocycles. The third-order valence-corrected chi connectivity index (χ3v) is 4.65. The molecule has 18 heavy (non-hydrogen) atoms. The predicted molar refractivity (Wildman–Crippen MR) is 74.6 cm³/mol. The molecule has 0 unspecified atom stereocenters. The molecule has 0 bridgehead atoms. The van der Waals surface area contributed by atoms with Gasteiger partial charge in [-0.2, -0.15) is 5.10 Å². The van der Waals surface area contributed by atoms with Gasteiger partial charge >= 0.3 is 0 Å². The first-order valence-corrected chi connectivity index (χ1v) is 7.35. The van der Waals surface area contributed by atoms with Crippen molar-refractivity contribution in [3.05, 3.63) is 15.9 Å². The van der Waals surface area contributed by atoms with E-state index in [-0.39, 0.29) is 5.91 Å². The number of hydrogen-bond donors (Lipinski definition) is 1. The third-order valence-electron chi connectivity index (χ3n) is 3.68. The second kappa shape index (κ2) is 5.87. The van der Waals surface area contributed by atoms with Gasteiger partial charge in [0.2, 0.25) is 0 Å². The molecule has 0 aliphatic heterocycles. The fourth-order valence-electron chi connectivity index (χ4n) is 2.58. The maximum absolute atomic E-state index is 12.3. The minimum atomic E-state index is -0.00296. The zero-order chi connectivity index (χ0) is 13.1. The van der Waals surface area contributed by atoms with Crippen LogP contribution in [-0.2, 0) is 0 Å². The first-order chi connectivity index (χ1) is 8.59. The lowest BCUT2D eigenvalue weighted by Crippen LogP contribution is -2.33. The van der Waals surface area contributed by atoms with Gasteiger partial charge in [0.1, 0.15) is 0 Å². The molecule has 100 valence electrons. The van der Waals surface area contributed by atoms with E-state index in [4.69, 9.17) is 0 Å². The SMILES string of the molecule is Cc1[nH]nc(C(=O)N(C)CC2CCCCC2)c1Br. The quantitative estimate of drug-likeness (QED) is 0.932. The van der Waals surface area contributed by atoms with E-state index in [1.165, 1.54) is 32.1 Å². The lowest BCUT2D eigenvalue weighted by Gasteiger charge is -2.26. The number of amides is 1. The van der Waals surface area contributed by atoms with Crippen LogP contribution in [0.1, 0.15) is 48.3 Å². The van der Waals surface area contributed by atoms with Crippen LogP contribution in [0.15, 0.2) is 4.47 Å². The van der Waals surface area contributed by atoms with Gasteiger partial charge in [-0.25, -0.2) is 0 Å².